The van der Waals surface area contributed by atoms with Crippen molar-refractivity contribution in [3.63, 3.8) is 0 Å². The van der Waals surface area contributed by atoms with Crippen LogP contribution in [0.1, 0.15) is 5.56 Å². The molecule has 24 heavy (non-hydrogen) atoms. The molecule has 0 fully saturated rings. The molecule has 2 N–H and O–H groups in total. The largest absolute Gasteiger partial charge is 0.494 e. The first-order chi connectivity index (χ1) is 11.6. The van der Waals surface area contributed by atoms with Crippen molar-refractivity contribution in [2.45, 2.75) is 6.42 Å². The lowest BCUT2D eigenvalue weighted by molar-refractivity contribution is -0.384. The Morgan fingerprint density at radius 3 is 2.83 bits per heavy atom. The fourth-order valence-corrected chi connectivity index (χ4v) is 2.49. The summed E-state index contributed by atoms with van der Waals surface area (Å²) in [6.07, 6.45) is 2.04. The van der Waals surface area contributed by atoms with Crippen molar-refractivity contribution in [1.29, 1.82) is 0 Å². The molecule has 3 rings (SSSR count). The molecule has 0 saturated carbocycles. The minimum absolute atomic E-state index is 0.0947. The standard InChI is InChI=1S/C17H15N3O4/c1-24-16-10-13(20(22)23)3-5-15(16)19-17(21)9-11-2-4-14-12(8-11)6-7-18-14/h2-8,10,18H,9H2,1H3,(H,19,21). The van der Waals surface area contributed by atoms with E-state index in [1.165, 1.54) is 25.3 Å². The Hall–Kier alpha value is -3.35. The number of rotatable bonds is 5. The van der Waals surface area contributed by atoms with E-state index in [-0.39, 0.29) is 23.8 Å². The summed E-state index contributed by atoms with van der Waals surface area (Å²) in [5.41, 5.74) is 2.19. The Kier molecular flexibility index (Phi) is 4.15. The van der Waals surface area contributed by atoms with Gasteiger partial charge in [0.2, 0.25) is 5.91 Å². The lowest BCUT2D eigenvalue weighted by Gasteiger charge is -2.10. The lowest BCUT2D eigenvalue weighted by Crippen LogP contribution is -2.15. The minimum Gasteiger partial charge on any atom is -0.494 e. The second-order valence-electron chi connectivity index (χ2n) is 5.27. The van der Waals surface area contributed by atoms with E-state index >= 15 is 0 Å². The highest BCUT2D eigenvalue weighted by Crippen LogP contribution is 2.29. The van der Waals surface area contributed by atoms with Gasteiger partial charge in [0, 0.05) is 17.8 Å². The summed E-state index contributed by atoms with van der Waals surface area (Å²) in [5.74, 6) is 0.0238. The third-order valence-corrected chi connectivity index (χ3v) is 3.65. The fraction of sp³-hybridized carbons (Fsp3) is 0.118. The number of benzene rings is 2. The number of aromatic nitrogens is 1. The van der Waals surface area contributed by atoms with Crippen LogP contribution >= 0.6 is 0 Å². The lowest BCUT2D eigenvalue weighted by atomic mass is 10.1. The predicted octanol–water partition coefficient (Wildman–Crippen LogP) is 3.27. The molecule has 0 aliphatic rings. The number of nitrogens with zero attached hydrogens (tertiary/aromatic N) is 1. The number of nitrogens with one attached hydrogen (secondary N) is 2. The van der Waals surface area contributed by atoms with E-state index in [0.29, 0.717) is 5.69 Å². The van der Waals surface area contributed by atoms with Gasteiger partial charge in [0.25, 0.3) is 5.69 Å². The number of fused-ring (bicyclic) bond motifs is 1. The molecule has 0 atom stereocenters. The molecule has 1 heterocycles. The van der Waals surface area contributed by atoms with Crippen LogP contribution in [0.3, 0.4) is 0 Å². The highest BCUT2D eigenvalue weighted by atomic mass is 16.6. The van der Waals surface area contributed by atoms with Crippen LogP contribution in [0.2, 0.25) is 0 Å². The van der Waals surface area contributed by atoms with Gasteiger partial charge >= 0.3 is 0 Å². The minimum atomic E-state index is -0.514. The Labute approximate surface area is 137 Å². The SMILES string of the molecule is COc1cc([N+](=O)[O-])ccc1NC(=O)Cc1ccc2[nH]ccc2c1. The normalized spacial score (nSPS) is 10.5. The molecule has 0 radical (unpaired) electrons. The first-order valence-corrected chi connectivity index (χ1v) is 7.25. The molecule has 7 nitrogen and oxygen atoms in total. The quantitative estimate of drug-likeness (QED) is 0.555. The molecule has 0 bridgehead atoms. The van der Waals surface area contributed by atoms with Crippen molar-refractivity contribution in [1.82, 2.24) is 4.98 Å². The van der Waals surface area contributed by atoms with E-state index in [0.717, 1.165) is 16.5 Å². The number of methoxy groups -OCH3 is 1. The molecule has 0 saturated heterocycles. The van der Waals surface area contributed by atoms with Crippen molar-refractivity contribution in [3.8, 4) is 5.75 Å². The van der Waals surface area contributed by atoms with Gasteiger partial charge < -0.3 is 15.0 Å². The van der Waals surface area contributed by atoms with Gasteiger partial charge in [0.1, 0.15) is 5.75 Å². The van der Waals surface area contributed by atoms with Crippen molar-refractivity contribution in [2.75, 3.05) is 12.4 Å². The summed E-state index contributed by atoms with van der Waals surface area (Å²) in [6, 6.07) is 11.8. The van der Waals surface area contributed by atoms with E-state index in [2.05, 4.69) is 10.3 Å². The number of nitro benzene ring substituents is 1. The molecule has 122 valence electrons. The average molecular weight is 325 g/mol. The highest BCUT2D eigenvalue weighted by Gasteiger charge is 2.13. The zero-order valence-corrected chi connectivity index (χ0v) is 12.9. The number of hydrogen-bond donors (Lipinski definition) is 2. The number of non-ortho nitro benzene ring substituents is 1. The maximum atomic E-state index is 12.2. The molecule has 1 amide bonds. The summed E-state index contributed by atoms with van der Waals surface area (Å²) in [6.45, 7) is 0. The van der Waals surface area contributed by atoms with E-state index in [1.54, 1.807) is 0 Å². The Morgan fingerprint density at radius 1 is 1.25 bits per heavy atom. The third kappa shape index (κ3) is 3.19. The molecule has 1 aromatic heterocycles. The Balaban J connectivity index is 1.75. The summed E-state index contributed by atoms with van der Waals surface area (Å²) >= 11 is 0. The zero-order chi connectivity index (χ0) is 17.1. The van der Waals surface area contributed by atoms with E-state index in [1.807, 2.05) is 30.5 Å². The number of aromatic amines is 1. The maximum absolute atomic E-state index is 12.2. The predicted molar refractivity (Wildman–Crippen MR) is 90.3 cm³/mol. The van der Waals surface area contributed by atoms with Gasteiger partial charge in [0.05, 0.1) is 30.2 Å². The van der Waals surface area contributed by atoms with Gasteiger partial charge in [-0.3, -0.25) is 14.9 Å². The molecular weight excluding hydrogens is 310 g/mol. The van der Waals surface area contributed by atoms with Crippen molar-refractivity contribution in [3.05, 3.63) is 64.3 Å². The van der Waals surface area contributed by atoms with Crippen molar-refractivity contribution < 1.29 is 14.5 Å². The van der Waals surface area contributed by atoms with Crippen LogP contribution < -0.4 is 10.1 Å². The van der Waals surface area contributed by atoms with Crippen LogP contribution in [0.25, 0.3) is 10.9 Å². The number of nitro groups is 1. The number of hydrogen-bond acceptors (Lipinski definition) is 4. The number of amides is 1. The number of carbonyl (C=O) groups excluding carboxylic acids is 1. The third-order valence-electron chi connectivity index (χ3n) is 3.65. The van der Waals surface area contributed by atoms with Gasteiger partial charge in [-0.15, -0.1) is 0 Å². The van der Waals surface area contributed by atoms with Gasteiger partial charge in [-0.25, -0.2) is 0 Å². The second kappa shape index (κ2) is 6.41. The number of anilines is 1. The topological polar surface area (TPSA) is 97.3 Å². The highest BCUT2D eigenvalue weighted by molar-refractivity contribution is 5.94. The summed E-state index contributed by atoms with van der Waals surface area (Å²) < 4.78 is 5.11. The fourth-order valence-electron chi connectivity index (χ4n) is 2.49. The van der Waals surface area contributed by atoms with Crippen LogP contribution in [-0.2, 0) is 11.2 Å². The molecular formula is C17H15N3O4. The average Bonchev–Trinajstić information content (AvgIpc) is 3.02. The monoisotopic (exact) mass is 325 g/mol. The number of ether oxygens (including phenoxy) is 1. The Morgan fingerprint density at radius 2 is 2.08 bits per heavy atom. The Bertz CT molecular complexity index is 917. The smallest absolute Gasteiger partial charge is 0.273 e. The van der Waals surface area contributed by atoms with E-state index in [4.69, 9.17) is 4.74 Å². The molecule has 3 aromatic rings. The maximum Gasteiger partial charge on any atom is 0.273 e. The molecule has 0 spiro atoms. The second-order valence-corrected chi connectivity index (χ2v) is 5.27. The van der Waals surface area contributed by atoms with E-state index < -0.39 is 4.92 Å². The van der Waals surface area contributed by atoms with Gasteiger partial charge in [-0.1, -0.05) is 6.07 Å². The van der Waals surface area contributed by atoms with Crippen LogP contribution in [-0.4, -0.2) is 22.9 Å². The van der Waals surface area contributed by atoms with Crippen molar-refractivity contribution in [2.24, 2.45) is 0 Å². The molecule has 2 aromatic carbocycles. The van der Waals surface area contributed by atoms with Gasteiger partial charge in [-0.05, 0) is 35.2 Å². The van der Waals surface area contributed by atoms with Crippen LogP contribution in [0, 0.1) is 10.1 Å². The summed E-state index contributed by atoms with van der Waals surface area (Å²) in [5, 5.41) is 14.5. The molecule has 0 aliphatic carbocycles. The molecule has 0 unspecified atom stereocenters. The van der Waals surface area contributed by atoms with Gasteiger partial charge in [-0.2, -0.15) is 0 Å². The zero-order valence-electron chi connectivity index (χ0n) is 12.9. The first kappa shape index (κ1) is 15.5. The number of carbonyl (C=O) groups is 1. The summed E-state index contributed by atoms with van der Waals surface area (Å²) in [7, 11) is 1.40. The molecule has 7 heteroatoms. The summed E-state index contributed by atoms with van der Waals surface area (Å²) in [4.78, 5) is 25.6. The van der Waals surface area contributed by atoms with Crippen LogP contribution in [0.4, 0.5) is 11.4 Å². The van der Waals surface area contributed by atoms with Crippen molar-refractivity contribution >= 4 is 28.2 Å². The number of H-pyrrole nitrogens is 1. The first-order valence-electron chi connectivity index (χ1n) is 7.25. The molecule has 0 aliphatic heterocycles. The van der Waals surface area contributed by atoms with E-state index in [9.17, 15) is 14.9 Å². The van der Waals surface area contributed by atoms with Crippen LogP contribution in [0.5, 0.6) is 5.75 Å². The van der Waals surface area contributed by atoms with Gasteiger partial charge in [0.15, 0.2) is 0 Å². The van der Waals surface area contributed by atoms with Crippen LogP contribution in [0.15, 0.2) is 48.7 Å².